The van der Waals surface area contributed by atoms with Gasteiger partial charge in [-0.25, -0.2) is 9.78 Å². The van der Waals surface area contributed by atoms with E-state index in [1.807, 2.05) is 0 Å². The minimum absolute atomic E-state index is 0.0688. The predicted molar refractivity (Wildman–Crippen MR) is 61.1 cm³/mol. The normalized spacial score (nSPS) is 17.3. The predicted octanol–water partition coefficient (Wildman–Crippen LogP) is 1.90. The molecule has 5 heteroatoms. The number of piperidine rings is 1. The van der Waals surface area contributed by atoms with Crippen molar-refractivity contribution in [3.63, 3.8) is 0 Å². The van der Waals surface area contributed by atoms with Crippen LogP contribution in [0.25, 0.3) is 0 Å². The van der Waals surface area contributed by atoms with E-state index in [0.29, 0.717) is 5.92 Å². The molecule has 0 radical (unpaired) electrons. The number of carboxylic acids is 1. The maximum atomic E-state index is 10.8. The molecule has 16 heavy (non-hydrogen) atoms. The van der Waals surface area contributed by atoms with Gasteiger partial charge in [-0.05, 0) is 38.1 Å². The fraction of sp³-hybridized carbons (Fsp3) is 0.455. The van der Waals surface area contributed by atoms with Gasteiger partial charge in [-0.2, -0.15) is 0 Å². The maximum absolute atomic E-state index is 10.8. The third-order valence-electron chi connectivity index (χ3n) is 2.86. The van der Waals surface area contributed by atoms with Gasteiger partial charge in [0.25, 0.3) is 0 Å². The van der Waals surface area contributed by atoms with Crippen LogP contribution < -0.4 is 5.32 Å². The first kappa shape index (κ1) is 11.4. The lowest BCUT2D eigenvalue weighted by atomic mass is 9.94. The second-order valence-electron chi connectivity index (χ2n) is 3.90. The van der Waals surface area contributed by atoms with E-state index in [-0.39, 0.29) is 10.7 Å². The number of hydrogen-bond donors (Lipinski definition) is 2. The van der Waals surface area contributed by atoms with E-state index in [0.717, 1.165) is 31.6 Å². The molecule has 86 valence electrons. The van der Waals surface area contributed by atoms with Gasteiger partial charge in [0.1, 0.15) is 5.15 Å². The highest BCUT2D eigenvalue weighted by Crippen LogP contribution is 2.25. The molecule has 0 bridgehead atoms. The van der Waals surface area contributed by atoms with E-state index in [1.54, 1.807) is 6.07 Å². The van der Waals surface area contributed by atoms with Gasteiger partial charge >= 0.3 is 5.97 Å². The molecule has 1 aromatic heterocycles. The second kappa shape index (κ2) is 4.80. The summed E-state index contributed by atoms with van der Waals surface area (Å²) < 4.78 is 0. The summed E-state index contributed by atoms with van der Waals surface area (Å²) in [4.78, 5) is 14.9. The van der Waals surface area contributed by atoms with Crippen molar-refractivity contribution in [3.8, 4) is 0 Å². The van der Waals surface area contributed by atoms with E-state index in [1.165, 1.54) is 6.07 Å². The van der Waals surface area contributed by atoms with Crippen molar-refractivity contribution in [2.24, 2.45) is 0 Å². The largest absolute Gasteiger partial charge is 0.478 e. The standard InChI is InChI=1S/C11H13ClN2O2/c12-10-8(11(15)16)1-2-9(14-10)7-3-5-13-6-4-7/h1-2,7,13H,3-6H2,(H,15,16). The van der Waals surface area contributed by atoms with Crippen molar-refractivity contribution < 1.29 is 9.90 Å². The number of aromatic nitrogens is 1. The molecule has 2 rings (SSSR count). The Kier molecular flexibility index (Phi) is 3.41. The third kappa shape index (κ3) is 2.33. The van der Waals surface area contributed by atoms with Gasteiger partial charge in [0, 0.05) is 11.6 Å². The Morgan fingerprint density at radius 2 is 2.12 bits per heavy atom. The molecule has 4 nitrogen and oxygen atoms in total. The van der Waals surface area contributed by atoms with Crippen molar-refractivity contribution in [2.75, 3.05) is 13.1 Å². The number of aromatic carboxylic acids is 1. The summed E-state index contributed by atoms with van der Waals surface area (Å²) >= 11 is 5.84. The number of nitrogens with one attached hydrogen (secondary N) is 1. The van der Waals surface area contributed by atoms with E-state index in [9.17, 15) is 4.79 Å². The molecule has 2 N–H and O–H groups in total. The van der Waals surface area contributed by atoms with Crippen LogP contribution >= 0.6 is 11.6 Å². The van der Waals surface area contributed by atoms with Gasteiger partial charge in [-0.3, -0.25) is 0 Å². The summed E-state index contributed by atoms with van der Waals surface area (Å²) in [6.45, 7) is 1.95. The van der Waals surface area contributed by atoms with Gasteiger partial charge < -0.3 is 10.4 Å². The van der Waals surface area contributed by atoms with Crippen molar-refractivity contribution in [2.45, 2.75) is 18.8 Å². The number of nitrogens with zero attached hydrogens (tertiary/aromatic N) is 1. The molecule has 1 aliphatic rings. The van der Waals surface area contributed by atoms with Gasteiger partial charge in [-0.1, -0.05) is 11.6 Å². The summed E-state index contributed by atoms with van der Waals surface area (Å²) in [5.74, 6) is -0.643. The topological polar surface area (TPSA) is 62.2 Å². The Morgan fingerprint density at radius 1 is 1.44 bits per heavy atom. The molecule has 0 aromatic carbocycles. The molecule has 0 spiro atoms. The van der Waals surface area contributed by atoms with Gasteiger partial charge in [-0.15, -0.1) is 0 Å². The fourth-order valence-electron chi connectivity index (χ4n) is 1.95. The first-order chi connectivity index (χ1) is 7.68. The summed E-state index contributed by atoms with van der Waals surface area (Å²) in [6, 6.07) is 3.31. The van der Waals surface area contributed by atoms with E-state index >= 15 is 0 Å². The first-order valence-corrected chi connectivity index (χ1v) is 5.66. The Balaban J connectivity index is 2.23. The molecule has 1 saturated heterocycles. The van der Waals surface area contributed by atoms with Crippen molar-refractivity contribution >= 4 is 17.6 Å². The van der Waals surface area contributed by atoms with Crippen LogP contribution in [0.5, 0.6) is 0 Å². The lowest BCUT2D eigenvalue weighted by molar-refractivity contribution is 0.0696. The highest BCUT2D eigenvalue weighted by molar-refractivity contribution is 6.32. The minimum Gasteiger partial charge on any atom is -0.478 e. The SMILES string of the molecule is O=C(O)c1ccc(C2CCNCC2)nc1Cl. The molecule has 0 aliphatic carbocycles. The van der Waals surface area contributed by atoms with Gasteiger partial charge in [0.15, 0.2) is 0 Å². The van der Waals surface area contributed by atoms with Crippen LogP contribution in [0.1, 0.15) is 34.8 Å². The average molecular weight is 241 g/mol. The lowest BCUT2D eigenvalue weighted by Crippen LogP contribution is -2.27. The number of carboxylic acid groups (broad SMARTS) is 1. The summed E-state index contributed by atoms with van der Waals surface area (Å²) in [7, 11) is 0. The molecular formula is C11H13ClN2O2. The fourth-order valence-corrected chi connectivity index (χ4v) is 2.19. The smallest absolute Gasteiger partial charge is 0.338 e. The molecule has 0 amide bonds. The van der Waals surface area contributed by atoms with Gasteiger partial charge in [0.2, 0.25) is 0 Å². The zero-order chi connectivity index (χ0) is 11.5. The molecule has 1 fully saturated rings. The number of pyridine rings is 1. The van der Waals surface area contributed by atoms with Gasteiger partial charge in [0.05, 0.1) is 5.56 Å². The van der Waals surface area contributed by atoms with Crippen LogP contribution in [0.2, 0.25) is 5.15 Å². The number of hydrogen-bond acceptors (Lipinski definition) is 3. The molecule has 2 heterocycles. The third-order valence-corrected chi connectivity index (χ3v) is 3.15. The van der Waals surface area contributed by atoms with Crippen LogP contribution in [0.4, 0.5) is 0 Å². The zero-order valence-corrected chi connectivity index (χ0v) is 9.50. The van der Waals surface area contributed by atoms with E-state index < -0.39 is 5.97 Å². The van der Waals surface area contributed by atoms with E-state index in [2.05, 4.69) is 10.3 Å². The Bertz CT molecular complexity index is 403. The number of rotatable bonds is 2. The monoisotopic (exact) mass is 240 g/mol. The molecule has 0 atom stereocenters. The Labute approximate surface area is 98.6 Å². The second-order valence-corrected chi connectivity index (χ2v) is 4.26. The molecule has 0 saturated carbocycles. The molecule has 0 unspecified atom stereocenters. The number of halogens is 1. The van der Waals surface area contributed by atoms with Crippen LogP contribution in [0.15, 0.2) is 12.1 Å². The van der Waals surface area contributed by atoms with Crippen LogP contribution in [-0.2, 0) is 0 Å². The average Bonchev–Trinajstić information content (AvgIpc) is 2.29. The molecule has 1 aliphatic heterocycles. The van der Waals surface area contributed by atoms with Crippen LogP contribution in [0, 0.1) is 0 Å². The molecular weight excluding hydrogens is 228 g/mol. The summed E-state index contributed by atoms with van der Waals surface area (Å²) in [5, 5.41) is 12.2. The zero-order valence-electron chi connectivity index (χ0n) is 8.74. The Morgan fingerprint density at radius 3 is 2.69 bits per heavy atom. The Hall–Kier alpha value is -1.13. The summed E-state index contributed by atoms with van der Waals surface area (Å²) in [5.41, 5.74) is 0.968. The lowest BCUT2D eigenvalue weighted by Gasteiger charge is -2.22. The van der Waals surface area contributed by atoms with Crippen molar-refractivity contribution in [3.05, 3.63) is 28.5 Å². The summed E-state index contributed by atoms with van der Waals surface area (Å²) in [6.07, 6.45) is 2.05. The first-order valence-electron chi connectivity index (χ1n) is 5.29. The number of carbonyl (C=O) groups is 1. The molecule has 1 aromatic rings. The quantitative estimate of drug-likeness (QED) is 0.775. The van der Waals surface area contributed by atoms with Crippen LogP contribution in [-0.4, -0.2) is 29.1 Å². The van der Waals surface area contributed by atoms with Crippen molar-refractivity contribution in [1.82, 2.24) is 10.3 Å². The van der Waals surface area contributed by atoms with E-state index in [4.69, 9.17) is 16.7 Å². The van der Waals surface area contributed by atoms with Crippen molar-refractivity contribution in [1.29, 1.82) is 0 Å². The van der Waals surface area contributed by atoms with Crippen LogP contribution in [0.3, 0.4) is 0 Å². The minimum atomic E-state index is -1.03. The maximum Gasteiger partial charge on any atom is 0.338 e. The highest BCUT2D eigenvalue weighted by Gasteiger charge is 2.18. The highest BCUT2D eigenvalue weighted by atomic mass is 35.5.